The molecule has 0 saturated carbocycles. The van der Waals surface area contributed by atoms with Crippen LogP contribution in [0.1, 0.15) is 213 Å². The summed E-state index contributed by atoms with van der Waals surface area (Å²) in [5.74, 6) is -0.200. The van der Waals surface area contributed by atoms with Gasteiger partial charge in [-0.1, -0.05) is 231 Å². The van der Waals surface area contributed by atoms with Crippen molar-refractivity contribution in [1.29, 1.82) is 0 Å². The van der Waals surface area contributed by atoms with Gasteiger partial charge in [0.25, 0.3) is 0 Å². The Kier molecular flexibility index (Phi) is 48.7. The van der Waals surface area contributed by atoms with E-state index in [4.69, 9.17) is 9.47 Å². The molecule has 1 rings (SSSR count). The highest BCUT2D eigenvalue weighted by Crippen LogP contribution is 2.23. The lowest BCUT2D eigenvalue weighted by atomic mass is 9.99. The molecule has 7 atom stereocenters. The van der Waals surface area contributed by atoms with Crippen LogP contribution >= 0.6 is 0 Å². The molecule has 9 nitrogen and oxygen atoms in total. The van der Waals surface area contributed by atoms with Crippen LogP contribution in [0, 0.1) is 0 Å². The second kappa shape index (κ2) is 52.8. The zero-order valence-corrected chi connectivity index (χ0v) is 46.5. The molecule has 0 aromatic rings. The fourth-order valence-electron chi connectivity index (χ4n) is 8.32. The molecular weight excluding hydrogens is 923 g/mol. The first-order chi connectivity index (χ1) is 36.3. The van der Waals surface area contributed by atoms with E-state index >= 15 is 0 Å². The molecule has 1 aliphatic heterocycles. The number of ether oxygens (including phenoxy) is 2. The highest BCUT2D eigenvalue weighted by atomic mass is 16.7. The molecule has 0 bridgehead atoms. The van der Waals surface area contributed by atoms with Gasteiger partial charge in [-0.05, 0) is 109 Å². The number of carbonyl (C=O) groups excluding carboxylic acids is 1. The summed E-state index contributed by atoms with van der Waals surface area (Å²) >= 11 is 0. The topological polar surface area (TPSA) is 149 Å². The predicted octanol–water partition coefficient (Wildman–Crippen LogP) is 14.9. The molecule has 0 radical (unpaired) electrons. The number of hydrogen-bond acceptors (Lipinski definition) is 8. The molecule has 1 fully saturated rings. The number of rotatable bonds is 48. The van der Waals surface area contributed by atoms with E-state index in [2.05, 4.69) is 141 Å². The fourth-order valence-corrected chi connectivity index (χ4v) is 8.32. The molecule has 1 saturated heterocycles. The monoisotopic (exact) mass is 1030 g/mol. The zero-order valence-electron chi connectivity index (χ0n) is 46.5. The van der Waals surface area contributed by atoms with E-state index < -0.39 is 49.5 Å². The average Bonchev–Trinajstić information content (AvgIpc) is 3.40. The normalized spacial score (nSPS) is 20.0. The van der Waals surface area contributed by atoms with Crippen molar-refractivity contribution in [2.75, 3.05) is 13.2 Å². The van der Waals surface area contributed by atoms with E-state index in [9.17, 15) is 30.3 Å². The quantitative estimate of drug-likeness (QED) is 0.0261. The molecule has 74 heavy (non-hydrogen) atoms. The molecule has 0 aliphatic carbocycles. The van der Waals surface area contributed by atoms with Crippen molar-refractivity contribution in [3.8, 4) is 0 Å². The Hall–Kier alpha value is -3.67. The first-order valence-electron chi connectivity index (χ1n) is 29.4. The summed E-state index contributed by atoms with van der Waals surface area (Å²) in [5.41, 5.74) is 0. The lowest BCUT2D eigenvalue weighted by molar-refractivity contribution is -0.302. The highest BCUT2D eigenvalue weighted by Gasteiger charge is 2.44. The molecule has 1 amide bonds. The maximum absolute atomic E-state index is 13.0. The van der Waals surface area contributed by atoms with Crippen molar-refractivity contribution < 1.29 is 39.8 Å². The number of unbranched alkanes of at least 4 members (excludes halogenated alkanes) is 18. The van der Waals surface area contributed by atoms with E-state index in [1.54, 1.807) is 6.08 Å². The third-order valence-corrected chi connectivity index (χ3v) is 12.9. The molecule has 7 unspecified atom stereocenters. The Balaban J connectivity index is 2.17. The van der Waals surface area contributed by atoms with Gasteiger partial charge in [-0.3, -0.25) is 4.79 Å². The van der Waals surface area contributed by atoms with Crippen LogP contribution in [0.15, 0.2) is 134 Å². The molecule has 1 heterocycles. The summed E-state index contributed by atoms with van der Waals surface area (Å²) in [6, 6.07) is -0.837. The van der Waals surface area contributed by atoms with E-state index in [1.165, 1.54) is 83.5 Å². The van der Waals surface area contributed by atoms with Crippen molar-refractivity contribution in [2.24, 2.45) is 0 Å². The van der Waals surface area contributed by atoms with Crippen LogP contribution in [-0.4, -0.2) is 87.5 Å². The number of carbonyl (C=O) groups is 1. The lowest BCUT2D eigenvalue weighted by Gasteiger charge is -2.40. The summed E-state index contributed by atoms with van der Waals surface area (Å²) in [4.78, 5) is 13.0. The van der Waals surface area contributed by atoms with Crippen molar-refractivity contribution >= 4 is 5.91 Å². The minimum atomic E-state index is -1.58. The third-order valence-electron chi connectivity index (χ3n) is 12.9. The van der Waals surface area contributed by atoms with Crippen LogP contribution < -0.4 is 5.32 Å². The van der Waals surface area contributed by atoms with Crippen LogP contribution in [0.4, 0.5) is 0 Å². The van der Waals surface area contributed by atoms with Crippen LogP contribution in [0.25, 0.3) is 0 Å². The Bertz CT molecular complexity index is 1620. The van der Waals surface area contributed by atoms with Gasteiger partial charge in [-0.2, -0.15) is 0 Å². The number of allylic oxidation sites excluding steroid dienone is 21. The number of nitrogens with one attached hydrogen (secondary N) is 1. The molecular formula is C65H107NO8. The van der Waals surface area contributed by atoms with Crippen LogP contribution in [-0.2, 0) is 14.3 Å². The predicted molar refractivity (Wildman–Crippen MR) is 313 cm³/mol. The standard InChI is InChI=1S/C65H107NO8/c1-3-5-7-9-11-13-15-17-19-20-21-22-23-24-25-26-27-28-29-30-31-32-33-34-35-36-37-38-39-40-41-43-45-47-49-51-53-55-61(69)66-58(57-73-65-64(72)63(71)62(70)60(56-67)74-65)59(68)54-52-50-48-46-44-42-18-16-14-12-10-8-6-4-2/h5,7,11,13-14,16-17,19,21-22,24-25,27-28,30-31,33-34,44,46,52,54,58-60,62-65,67-68,70-72H,3-4,6,8-10,12,15,18,20,23,26,29,32,35-43,45,47-51,53,55-57H2,1-2H3,(H,66,69)/b7-5-,13-11-,16-14+,19-17-,22-21-,25-24-,28-27-,31-30-,34-33-,46-44+,54-52+. The number of amides is 1. The van der Waals surface area contributed by atoms with Crippen LogP contribution in [0.2, 0.25) is 0 Å². The van der Waals surface area contributed by atoms with E-state index in [1.807, 2.05) is 6.08 Å². The lowest BCUT2D eigenvalue weighted by Crippen LogP contribution is -2.60. The van der Waals surface area contributed by atoms with Crippen LogP contribution in [0.3, 0.4) is 0 Å². The average molecular weight is 1030 g/mol. The summed E-state index contributed by atoms with van der Waals surface area (Å²) in [6.07, 6.45) is 73.8. The summed E-state index contributed by atoms with van der Waals surface area (Å²) in [7, 11) is 0. The van der Waals surface area contributed by atoms with Gasteiger partial charge >= 0.3 is 0 Å². The Morgan fingerprint density at radius 3 is 1.30 bits per heavy atom. The van der Waals surface area contributed by atoms with E-state index in [-0.39, 0.29) is 12.5 Å². The fraction of sp³-hybridized carbons (Fsp3) is 0.646. The second-order valence-electron chi connectivity index (χ2n) is 19.7. The maximum atomic E-state index is 13.0. The van der Waals surface area contributed by atoms with Gasteiger partial charge in [0.15, 0.2) is 6.29 Å². The Morgan fingerprint density at radius 2 is 0.851 bits per heavy atom. The minimum absolute atomic E-state index is 0.200. The van der Waals surface area contributed by atoms with Crippen molar-refractivity contribution in [1.82, 2.24) is 5.32 Å². The van der Waals surface area contributed by atoms with Gasteiger partial charge in [-0.15, -0.1) is 0 Å². The largest absolute Gasteiger partial charge is 0.394 e. The van der Waals surface area contributed by atoms with Gasteiger partial charge in [0.05, 0.1) is 25.4 Å². The molecule has 6 N–H and O–H groups in total. The summed E-state index contributed by atoms with van der Waals surface area (Å²) < 4.78 is 11.2. The molecule has 1 aliphatic rings. The smallest absolute Gasteiger partial charge is 0.220 e. The first-order valence-corrected chi connectivity index (χ1v) is 29.4. The van der Waals surface area contributed by atoms with E-state index in [0.717, 1.165) is 109 Å². The van der Waals surface area contributed by atoms with E-state index in [0.29, 0.717) is 6.42 Å². The highest BCUT2D eigenvalue weighted by molar-refractivity contribution is 5.76. The molecule has 9 heteroatoms. The minimum Gasteiger partial charge on any atom is -0.394 e. The molecule has 0 spiro atoms. The molecule has 420 valence electrons. The van der Waals surface area contributed by atoms with Gasteiger partial charge in [0.2, 0.25) is 5.91 Å². The Labute approximate surface area is 451 Å². The second-order valence-corrected chi connectivity index (χ2v) is 19.7. The molecule has 0 aromatic carbocycles. The number of aliphatic hydroxyl groups is 5. The third kappa shape index (κ3) is 41.6. The van der Waals surface area contributed by atoms with Crippen molar-refractivity contribution in [3.63, 3.8) is 0 Å². The van der Waals surface area contributed by atoms with Crippen LogP contribution in [0.5, 0.6) is 0 Å². The molecule has 0 aromatic heterocycles. The van der Waals surface area contributed by atoms with Gasteiger partial charge in [-0.25, -0.2) is 0 Å². The Morgan fingerprint density at radius 1 is 0.473 bits per heavy atom. The van der Waals surface area contributed by atoms with Crippen molar-refractivity contribution in [2.45, 2.75) is 256 Å². The number of aliphatic hydroxyl groups excluding tert-OH is 5. The van der Waals surface area contributed by atoms with Gasteiger partial charge in [0.1, 0.15) is 24.4 Å². The zero-order chi connectivity index (χ0) is 53.6. The summed E-state index contributed by atoms with van der Waals surface area (Å²) in [5, 5.41) is 54.4. The first kappa shape index (κ1) is 68.3. The maximum Gasteiger partial charge on any atom is 0.220 e. The van der Waals surface area contributed by atoms with Gasteiger partial charge < -0.3 is 40.3 Å². The van der Waals surface area contributed by atoms with Crippen molar-refractivity contribution in [3.05, 3.63) is 134 Å². The number of hydrogen-bond donors (Lipinski definition) is 6. The van der Waals surface area contributed by atoms with Gasteiger partial charge in [0, 0.05) is 6.42 Å². The SMILES string of the molecule is CC/C=C\C/C=C\C/C=C\C/C=C\C/C=C\C/C=C\C/C=C\C/C=C\CCCCCCCCCCCCCCC(=O)NC(COC1OC(CO)C(O)C(O)C1O)C(O)/C=C/CC/C=C/CC/C=C/CCCCCC. The summed E-state index contributed by atoms with van der Waals surface area (Å²) in [6.45, 7) is 3.60.